The summed E-state index contributed by atoms with van der Waals surface area (Å²) in [4.78, 5) is 0. The molecule has 4 heteroatoms. The van der Waals surface area contributed by atoms with E-state index in [4.69, 9.17) is 0 Å². The van der Waals surface area contributed by atoms with E-state index in [0.29, 0.717) is 10.9 Å². The molecule has 0 unspecified atom stereocenters. The van der Waals surface area contributed by atoms with E-state index < -0.39 is 0 Å². The largest absolute Gasteiger partial charge is 0.320 e. The van der Waals surface area contributed by atoms with Crippen LogP contribution in [0.3, 0.4) is 0 Å². The zero-order valence-electron chi connectivity index (χ0n) is 12.8. The van der Waals surface area contributed by atoms with Gasteiger partial charge < -0.3 is 5.32 Å². The van der Waals surface area contributed by atoms with Crippen LogP contribution in [0.4, 0.5) is 15.8 Å². The lowest BCUT2D eigenvalue weighted by Crippen LogP contribution is -2.25. The molecule has 0 saturated carbocycles. The third kappa shape index (κ3) is 3.28. The van der Waals surface area contributed by atoms with Crippen molar-refractivity contribution < 1.29 is 4.39 Å². The van der Waals surface area contributed by atoms with Crippen molar-refractivity contribution in [2.75, 3.05) is 17.9 Å². The van der Waals surface area contributed by atoms with E-state index in [9.17, 15) is 4.39 Å². The number of hydrogen-bond donors (Lipinski definition) is 1. The van der Waals surface area contributed by atoms with Gasteiger partial charge in [-0.15, -0.1) is 0 Å². The summed E-state index contributed by atoms with van der Waals surface area (Å²) in [5.74, 6) is -0.166. The molecule has 22 heavy (non-hydrogen) atoms. The van der Waals surface area contributed by atoms with Gasteiger partial charge in [0.25, 0.3) is 0 Å². The topological polar surface area (TPSA) is 15.3 Å². The average Bonchev–Trinajstić information content (AvgIpc) is 2.55. The quantitative estimate of drug-likeness (QED) is 0.644. The zero-order valence-corrected chi connectivity index (χ0v) is 13.6. The van der Waals surface area contributed by atoms with Gasteiger partial charge in [0.1, 0.15) is 5.82 Å². The minimum atomic E-state index is -0.166. The third-order valence-corrected chi connectivity index (χ3v) is 5.24. The SMILES string of the molecule is CNCCC[C@H]1Cc2ccccc2N(c2ccccc2F)S1. The Hall–Kier alpha value is -1.52. The van der Waals surface area contributed by atoms with Crippen molar-refractivity contribution in [3.05, 3.63) is 59.9 Å². The standard InChI is InChI=1S/C18H21FN2S/c1-20-12-6-8-15-13-14-7-2-4-10-17(14)21(22-15)18-11-5-3-9-16(18)19/h2-5,7,9-11,15,20H,6,8,12-13H2,1H3/t15-/m0/s1. The van der Waals surface area contributed by atoms with E-state index in [1.807, 2.05) is 25.2 Å². The summed E-state index contributed by atoms with van der Waals surface area (Å²) in [6, 6.07) is 15.4. The van der Waals surface area contributed by atoms with Crippen LogP contribution in [0, 0.1) is 5.82 Å². The molecule has 1 heterocycles. The summed E-state index contributed by atoms with van der Waals surface area (Å²) in [6.07, 6.45) is 3.32. The summed E-state index contributed by atoms with van der Waals surface area (Å²) >= 11 is 1.76. The smallest absolute Gasteiger partial charge is 0.147 e. The van der Waals surface area contributed by atoms with Gasteiger partial charge in [-0.2, -0.15) is 0 Å². The number of halogens is 1. The van der Waals surface area contributed by atoms with E-state index in [1.165, 1.54) is 11.6 Å². The first kappa shape index (κ1) is 15.4. The molecule has 2 nitrogen and oxygen atoms in total. The molecule has 0 radical (unpaired) electrons. The molecular formula is C18H21FN2S. The second kappa shape index (κ2) is 7.16. The van der Waals surface area contributed by atoms with Crippen LogP contribution in [0.15, 0.2) is 48.5 Å². The Bertz CT molecular complexity index is 632. The molecule has 3 rings (SSSR count). The van der Waals surface area contributed by atoms with Crippen molar-refractivity contribution in [3.63, 3.8) is 0 Å². The second-order valence-electron chi connectivity index (χ2n) is 5.55. The lowest BCUT2D eigenvalue weighted by molar-refractivity contribution is 0.628. The predicted octanol–water partition coefficient (Wildman–Crippen LogP) is 4.54. The van der Waals surface area contributed by atoms with Crippen LogP contribution in [-0.4, -0.2) is 18.8 Å². The first-order valence-corrected chi connectivity index (χ1v) is 8.57. The average molecular weight is 316 g/mol. The molecule has 1 atom stereocenters. The molecule has 1 aliphatic rings. The second-order valence-corrected chi connectivity index (χ2v) is 6.79. The molecular weight excluding hydrogens is 295 g/mol. The van der Waals surface area contributed by atoms with E-state index in [0.717, 1.165) is 31.5 Å². The number of anilines is 2. The molecule has 0 aromatic heterocycles. The van der Waals surface area contributed by atoms with Gasteiger partial charge in [-0.25, -0.2) is 4.39 Å². The first-order chi connectivity index (χ1) is 10.8. The maximum atomic E-state index is 14.2. The fourth-order valence-corrected chi connectivity index (χ4v) is 4.21. The maximum Gasteiger partial charge on any atom is 0.147 e. The molecule has 0 aliphatic carbocycles. The molecule has 2 aromatic carbocycles. The Labute approximate surface area is 135 Å². The van der Waals surface area contributed by atoms with Gasteiger partial charge in [-0.05, 0) is 68.6 Å². The lowest BCUT2D eigenvalue weighted by atomic mass is 10.0. The Morgan fingerprint density at radius 2 is 1.86 bits per heavy atom. The zero-order chi connectivity index (χ0) is 15.4. The lowest BCUT2D eigenvalue weighted by Gasteiger charge is -2.35. The maximum absolute atomic E-state index is 14.2. The first-order valence-electron chi connectivity index (χ1n) is 7.73. The van der Waals surface area contributed by atoms with E-state index >= 15 is 0 Å². The van der Waals surface area contributed by atoms with Crippen molar-refractivity contribution in [1.29, 1.82) is 0 Å². The van der Waals surface area contributed by atoms with Crippen LogP contribution in [0.2, 0.25) is 0 Å². The van der Waals surface area contributed by atoms with Gasteiger partial charge in [0, 0.05) is 5.25 Å². The van der Waals surface area contributed by atoms with Crippen molar-refractivity contribution in [2.45, 2.75) is 24.5 Å². The monoisotopic (exact) mass is 316 g/mol. The number of fused-ring (bicyclic) bond motifs is 1. The molecule has 0 saturated heterocycles. The fraction of sp³-hybridized carbons (Fsp3) is 0.333. The normalized spacial score (nSPS) is 17.4. The molecule has 0 amide bonds. The summed E-state index contributed by atoms with van der Waals surface area (Å²) in [7, 11) is 1.98. The van der Waals surface area contributed by atoms with Crippen LogP contribution in [0.1, 0.15) is 18.4 Å². The molecule has 0 spiro atoms. The summed E-state index contributed by atoms with van der Waals surface area (Å²) < 4.78 is 16.3. The molecule has 0 fully saturated rings. The number of rotatable bonds is 5. The van der Waals surface area contributed by atoms with E-state index in [2.05, 4.69) is 27.8 Å². The van der Waals surface area contributed by atoms with Gasteiger partial charge in [0.05, 0.1) is 11.4 Å². The molecule has 1 N–H and O–H groups in total. The fourth-order valence-electron chi connectivity index (χ4n) is 2.83. The minimum absolute atomic E-state index is 0.166. The van der Waals surface area contributed by atoms with Crippen molar-refractivity contribution >= 4 is 23.3 Å². The highest BCUT2D eigenvalue weighted by atomic mass is 32.2. The summed E-state index contributed by atoms with van der Waals surface area (Å²) in [5, 5.41) is 3.68. The molecule has 2 aromatic rings. The van der Waals surface area contributed by atoms with Crippen LogP contribution >= 0.6 is 11.9 Å². The highest BCUT2D eigenvalue weighted by molar-refractivity contribution is 8.01. The highest BCUT2D eigenvalue weighted by Crippen LogP contribution is 2.44. The van der Waals surface area contributed by atoms with Crippen molar-refractivity contribution in [3.8, 4) is 0 Å². The highest BCUT2D eigenvalue weighted by Gasteiger charge is 2.27. The Morgan fingerprint density at radius 1 is 1.14 bits per heavy atom. The van der Waals surface area contributed by atoms with Crippen LogP contribution in [0.25, 0.3) is 0 Å². The number of benzene rings is 2. The minimum Gasteiger partial charge on any atom is -0.320 e. The number of para-hydroxylation sites is 2. The van der Waals surface area contributed by atoms with E-state index in [-0.39, 0.29) is 5.82 Å². The Morgan fingerprint density at radius 3 is 2.64 bits per heavy atom. The van der Waals surface area contributed by atoms with Gasteiger partial charge in [-0.1, -0.05) is 30.3 Å². The Kier molecular flexibility index (Phi) is 5.01. The molecule has 116 valence electrons. The van der Waals surface area contributed by atoms with Gasteiger partial charge in [0.15, 0.2) is 0 Å². The number of hydrogen-bond acceptors (Lipinski definition) is 3. The van der Waals surface area contributed by atoms with Crippen LogP contribution in [-0.2, 0) is 6.42 Å². The van der Waals surface area contributed by atoms with Crippen molar-refractivity contribution in [1.82, 2.24) is 5.32 Å². The van der Waals surface area contributed by atoms with E-state index in [1.54, 1.807) is 18.0 Å². The van der Waals surface area contributed by atoms with Gasteiger partial charge in [-0.3, -0.25) is 4.31 Å². The number of nitrogens with zero attached hydrogens (tertiary/aromatic N) is 1. The van der Waals surface area contributed by atoms with Crippen molar-refractivity contribution in [2.24, 2.45) is 0 Å². The van der Waals surface area contributed by atoms with Crippen LogP contribution in [0.5, 0.6) is 0 Å². The number of nitrogens with one attached hydrogen (secondary N) is 1. The van der Waals surface area contributed by atoms with Crippen LogP contribution < -0.4 is 9.62 Å². The molecule has 0 bridgehead atoms. The predicted molar refractivity (Wildman–Crippen MR) is 93.2 cm³/mol. The summed E-state index contributed by atoms with van der Waals surface area (Å²) in [6.45, 7) is 1.03. The third-order valence-electron chi connectivity index (χ3n) is 3.94. The van der Waals surface area contributed by atoms with Gasteiger partial charge in [0.2, 0.25) is 0 Å². The summed E-state index contributed by atoms with van der Waals surface area (Å²) in [5.41, 5.74) is 3.07. The Balaban J connectivity index is 1.89. The van der Waals surface area contributed by atoms with Gasteiger partial charge >= 0.3 is 0 Å². The molecule has 1 aliphatic heterocycles.